The van der Waals surface area contributed by atoms with Crippen molar-refractivity contribution >= 4 is 5.69 Å². The van der Waals surface area contributed by atoms with E-state index in [0.29, 0.717) is 6.04 Å². The van der Waals surface area contributed by atoms with Crippen LogP contribution < -0.4 is 11.1 Å². The van der Waals surface area contributed by atoms with Crippen molar-refractivity contribution in [3.63, 3.8) is 0 Å². The van der Waals surface area contributed by atoms with Gasteiger partial charge in [-0.1, -0.05) is 12.5 Å². The molecule has 4 rings (SSSR count). The highest BCUT2D eigenvalue weighted by atomic mass is 15.0. The lowest BCUT2D eigenvalue weighted by Crippen LogP contribution is -2.38. The van der Waals surface area contributed by atoms with Crippen LogP contribution >= 0.6 is 0 Å². The summed E-state index contributed by atoms with van der Waals surface area (Å²) < 4.78 is 0. The molecule has 0 radical (unpaired) electrons. The summed E-state index contributed by atoms with van der Waals surface area (Å²) >= 11 is 0. The maximum absolute atomic E-state index is 5.92. The number of nitrogens with two attached hydrogens (primary N) is 1. The van der Waals surface area contributed by atoms with E-state index < -0.39 is 0 Å². The molecule has 0 spiro atoms. The summed E-state index contributed by atoms with van der Waals surface area (Å²) in [6.45, 7) is 0. The lowest BCUT2D eigenvalue weighted by atomic mass is 9.85. The molecule has 4 unspecified atom stereocenters. The number of nitrogen functional groups attached to an aromatic ring is 1. The molecule has 0 heterocycles. The second kappa shape index (κ2) is 4.52. The third-order valence-corrected chi connectivity index (χ3v) is 5.63. The minimum absolute atomic E-state index is 0.577. The first-order chi connectivity index (χ1) is 9.29. The number of rotatable bonds is 2. The van der Waals surface area contributed by atoms with Gasteiger partial charge >= 0.3 is 0 Å². The third kappa shape index (κ3) is 2.06. The molecule has 19 heavy (non-hydrogen) atoms. The van der Waals surface area contributed by atoms with Crippen LogP contribution in [0, 0.1) is 11.8 Å². The fourth-order valence-electron chi connectivity index (χ4n) is 4.71. The number of aryl methyl sites for hydroxylation is 1. The molecular weight excluding hydrogens is 232 g/mol. The quantitative estimate of drug-likeness (QED) is 0.796. The second-order valence-corrected chi connectivity index (χ2v) is 6.85. The predicted octanol–water partition coefficient (Wildman–Crippen LogP) is 3.42. The van der Waals surface area contributed by atoms with Crippen molar-refractivity contribution in [2.75, 3.05) is 5.73 Å². The van der Waals surface area contributed by atoms with E-state index in [4.69, 9.17) is 5.73 Å². The fourth-order valence-corrected chi connectivity index (χ4v) is 4.71. The van der Waals surface area contributed by atoms with Gasteiger partial charge in [-0.05, 0) is 73.6 Å². The highest BCUT2D eigenvalue weighted by Crippen LogP contribution is 2.45. The molecule has 2 heteroatoms. The lowest BCUT2D eigenvalue weighted by Gasteiger charge is -2.32. The predicted molar refractivity (Wildman–Crippen MR) is 78.9 cm³/mol. The van der Waals surface area contributed by atoms with Gasteiger partial charge in [0.1, 0.15) is 0 Å². The summed E-state index contributed by atoms with van der Waals surface area (Å²) in [4.78, 5) is 0. The number of fused-ring (bicyclic) bond motifs is 3. The molecule has 2 saturated carbocycles. The smallest absolute Gasteiger partial charge is 0.0325 e. The summed E-state index contributed by atoms with van der Waals surface area (Å²) in [5.74, 6) is 1.99. The Labute approximate surface area is 115 Å². The zero-order valence-electron chi connectivity index (χ0n) is 11.6. The highest BCUT2D eigenvalue weighted by Gasteiger charge is 2.40. The molecule has 0 saturated heterocycles. The van der Waals surface area contributed by atoms with Crippen molar-refractivity contribution in [3.05, 3.63) is 29.3 Å². The number of nitrogens with one attached hydrogen (secondary N) is 1. The van der Waals surface area contributed by atoms with Gasteiger partial charge in [-0.25, -0.2) is 0 Å². The molecule has 2 nitrogen and oxygen atoms in total. The van der Waals surface area contributed by atoms with E-state index in [9.17, 15) is 0 Å². The summed E-state index contributed by atoms with van der Waals surface area (Å²) in [5, 5.41) is 3.98. The van der Waals surface area contributed by atoms with Gasteiger partial charge in [-0.3, -0.25) is 0 Å². The van der Waals surface area contributed by atoms with Crippen LogP contribution in [0.3, 0.4) is 0 Å². The van der Waals surface area contributed by atoms with Gasteiger partial charge in [0.05, 0.1) is 0 Å². The van der Waals surface area contributed by atoms with Crippen LogP contribution in [0.5, 0.6) is 0 Å². The molecule has 3 aliphatic carbocycles. The average Bonchev–Trinajstić information content (AvgIpc) is 3.01. The van der Waals surface area contributed by atoms with E-state index in [-0.39, 0.29) is 0 Å². The van der Waals surface area contributed by atoms with Crippen LogP contribution in [0.1, 0.15) is 55.7 Å². The molecule has 0 amide bonds. The molecule has 1 aromatic carbocycles. The molecule has 3 aliphatic rings. The van der Waals surface area contributed by atoms with Crippen molar-refractivity contribution in [1.29, 1.82) is 0 Å². The minimum atomic E-state index is 0.577. The van der Waals surface area contributed by atoms with E-state index in [1.807, 2.05) is 0 Å². The number of anilines is 1. The summed E-state index contributed by atoms with van der Waals surface area (Å²) in [6.07, 6.45) is 9.66. The maximum atomic E-state index is 5.92. The molecule has 4 atom stereocenters. The average molecular weight is 256 g/mol. The second-order valence-electron chi connectivity index (χ2n) is 6.85. The van der Waals surface area contributed by atoms with Crippen molar-refractivity contribution < 1.29 is 0 Å². The Morgan fingerprint density at radius 1 is 1.11 bits per heavy atom. The Morgan fingerprint density at radius 3 is 2.84 bits per heavy atom. The van der Waals surface area contributed by atoms with Gasteiger partial charge in [0.2, 0.25) is 0 Å². The zero-order valence-corrected chi connectivity index (χ0v) is 11.6. The van der Waals surface area contributed by atoms with Gasteiger partial charge in [0.25, 0.3) is 0 Å². The standard InChI is InChI=1S/C17H24N2/c18-14-6-7-15-12(10-14)2-1-3-16(15)19-17-9-11-4-5-13(17)8-11/h6-7,10-11,13,16-17,19H,1-5,8-9,18H2. The Balaban J connectivity index is 1.54. The van der Waals surface area contributed by atoms with Gasteiger partial charge in [-0.2, -0.15) is 0 Å². The zero-order chi connectivity index (χ0) is 12.8. The lowest BCUT2D eigenvalue weighted by molar-refractivity contribution is 0.304. The molecule has 1 aromatic rings. The topological polar surface area (TPSA) is 38.0 Å². The van der Waals surface area contributed by atoms with Crippen LogP contribution in [-0.2, 0) is 6.42 Å². The summed E-state index contributed by atoms with van der Waals surface area (Å²) in [7, 11) is 0. The molecule has 2 fully saturated rings. The largest absolute Gasteiger partial charge is 0.399 e. The van der Waals surface area contributed by atoms with Crippen LogP contribution in [-0.4, -0.2) is 6.04 Å². The van der Waals surface area contributed by atoms with Gasteiger partial charge < -0.3 is 11.1 Å². The highest BCUT2D eigenvalue weighted by molar-refractivity contribution is 5.46. The summed E-state index contributed by atoms with van der Waals surface area (Å²) in [5.41, 5.74) is 9.83. The normalized spacial score (nSPS) is 36.4. The van der Waals surface area contributed by atoms with Crippen molar-refractivity contribution in [2.24, 2.45) is 11.8 Å². The van der Waals surface area contributed by atoms with E-state index in [0.717, 1.165) is 23.6 Å². The monoisotopic (exact) mass is 256 g/mol. The summed E-state index contributed by atoms with van der Waals surface area (Å²) in [6, 6.07) is 7.87. The Bertz CT molecular complexity index is 482. The molecule has 0 aromatic heterocycles. The molecule has 2 bridgehead atoms. The van der Waals surface area contributed by atoms with Crippen molar-refractivity contribution in [3.8, 4) is 0 Å². The maximum Gasteiger partial charge on any atom is 0.0325 e. The number of hydrogen-bond acceptors (Lipinski definition) is 2. The molecule has 0 aliphatic heterocycles. The Hall–Kier alpha value is -1.02. The van der Waals surface area contributed by atoms with Crippen molar-refractivity contribution in [1.82, 2.24) is 5.32 Å². The van der Waals surface area contributed by atoms with E-state index in [1.54, 1.807) is 0 Å². The van der Waals surface area contributed by atoms with Crippen LogP contribution in [0.25, 0.3) is 0 Å². The Morgan fingerprint density at radius 2 is 2.05 bits per heavy atom. The first-order valence-electron chi connectivity index (χ1n) is 7.94. The van der Waals surface area contributed by atoms with E-state index >= 15 is 0 Å². The van der Waals surface area contributed by atoms with Crippen molar-refractivity contribution in [2.45, 2.75) is 57.0 Å². The molecule has 102 valence electrons. The van der Waals surface area contributed by atoms with Gasteiger partial charge in [-0.15, -0.1) is 0 Å². The fraction of sp³-hybridized carbons (Fsp3) is 0.647. The first kappa shape index (κ1) is 11.8. The molecular formula is C17H24N2. The van der Waals surface area contributed by atoms with Crippen LogP contribution in [0.2, 0.25) is 0 Å². The third-order valence-electron chi connectivity index (χ3n) is 5.63. The first-order valence-corrected chi connectivity index (χ1v) is 7.94. The van der Waals surface area contributed by atoms with Crippen LogP contribution in [0.15, 0.2) is 18.2 Å². The van der Waals surface area contributed by atoms with Gasteiger partial charge in [0, 0.05) is 17.8 Å². The van der Waals surface area contributed by atoms with Gasteiger partial charge in [0.15, 0.2) is 0 Å². The molecule has 3 N–H and O–H groups in total. The SMILES string of the molecule is Nc1ccc2c(c1)CCCC2NC1CC2CCC1C2. The van der Waals surface area contributed by atoms with E-state index in [1.165, 1.54) is 56.1 Å². The van der Waals surface area contributed by atoms with E-state index in [2.05, 4.69) is 23.5 Å². The number of benzene rings is 1. The minimum Gasteiger partial charge on any atom is -0.399 e. The number of hydrogen-bond donors (Lipinski definition) is 2. The van der Waals surface area contributed by atoms with Crippen LogP contribution in [0.4, 0.5) is 5.69 Å². The Kier molecular flexibility index (Phi) is 2.80.